The first kappa shape index (κ1) is 14.5. The van der Waals surface area contributed by atoms with Gasteiger partial charge in [-0.1, -0.05) is 19.3 Å². The van der Waals surface area contributed by atoms with Crippen LogP contribution in [0.5, 0.6) is 0 Å². The Kier molecular flexibility index (Phi) is 4.93. The van der Waals surface area contributed by atoms with Gasteiger partial charge in [-0.25, -0.2) is 0 Å². The maximum absolute atomic E-state index is 12.0. The van der Waals surface area contributed by atoms with Gasteiger partial charge in [-0.15, -0.1) is 0 Å². The van der Waals surface area contributed by atoms with Crippen molar-refractivity contribution in [1.29, 1.82) is 0 Å². The minimum atomic E-state index is -0.968. The summed E-state index contributed by atoms with van der Waals surface area (Å²) in [5.74, 6) is -0.699. The zero-order valence-corrected chi connectivity index (χ0v) is 11.4. The van der Waals surface area contributed by atoms with Crippen LogP contribution in [-0.2, 0) is 9.59 Å². The molecule has 0 aromatic carbocycles. The molecule has 5 nitrogen and oxygen atoms in total. The van der Waals surface area contributed by atoms with Crippen molar-refractivity contribution in [3.63, 3.8) is 0 Å². The van der Waals surface area contributed by atoms with Crippen LogP contribution in [0.25, 0.3) is 0 Å². The molecule has 2 fully saturated rings. The zero-order valence-electron chi connectivity index (χ0n) is 11.4. The molecule has 5 heteroatoms. The Bertz CT molecular complexity index is 303. The van der Waals surface area contributed by atoms with E-state index in [1.807, 2.05) is 4.90 Å². The Hall–Kier alpha value is -0.940. The highest BCUT2D eigenvalue weighted by Gasteiger charge is 2.50. The van der Waals surface area contributed by atoms with Crippen molar-refractivity contribution in [3.05, 3.63) is 0 Å². The summed E-state index contributed by atoms with van der Waals surface area (Å²) >= 11 is 0. The van der Waals surface area contributed by atoms with Gasteiger partial charge >= 0.3 is 5.97 Å². The molecule has 2 aliphatic rings. The van der Waals surface area contributed by atoms with Gasteiger partial charge in [0.1, 0.15) is 11.8 Å². The standard InChI is InChI=1S/C14H24N2O3/c17-11-6-14(13(18)19,12-4-2-1-3-5-12)16-9-7-15-8-10-16/h11-12,15H,1-10H2,(H,18,19). The van der Waals surface area contributed by atoms with E-state index in [9.17, 15) is 14.7 Å². The summed E-state index contributed by atoms with van der Waals surface area (Å²) in [5.41, 5.74) is -0.968. The van der Waals surface area contributed by atoms with Gasteiger partial charge in [0.05, 0.1) is 0 Å². The summed E-state index contributed by atoms with van der Waals surface area (Å²) in [6.07, 6.45) is 6.15. The van der Waals surface area contributed by atoms with Gasteiger partial charge < -0.3 is 15.2 Å². The Balaban J connectivity index is 2.27. The van der Waals surface area contributed by atoms with Crippen LogP contribution in [0.3, 0.4) is 0 Å². The summed E-state index contributed by atoms with van der Waals surface area (Å²) in [6.45, 7) is 3.05. The average molecular weight is 268 g/mol. The largest absolute Gasteiger partial charge is 0.480 e. The summed E-state index contributed by atoms with van der Waals surface area (Å²) in [4.78, 5) is 25.1. The van der Waals surface area contributed by atoms with E-state index in [2.05, 4.69) is 5.32 Å². The Morgan fingerprint density at radius 1 is 1.26 bits per heavy atom. The number of rotatable bonds is 5. The van der Waals surface area contributed by atoms with Crippen molar-refractivity contribution in [1.82, 2.24) is 10.2 Å². The fraction of sp³-hybridized carbons (Fsp3) is 0.857. The third-order valence-electron chi connectivity index (χ3n) is 4.73. The molecule has 0 aromatic rings. The van der Waals surface area contributed by atoms with E-state index in [-0.39, 0.29) is 12.3 Å². The number of nitrogens with zero attached hydrogens (tertiary/aromatic N) is 1. The highest BCUT2D eigenvalue weighted by molar-refractivity contribution is 5.82. The van der Waals surface area contributed by atoms with Gasteiger partial charge in [-0.2, -0.15) is 0 Å². The maximum atomic E-state index is 12.0. The molecule has 0 bridgehead atoms. The third kappa shape index (κ3) is 2.82. The Labute approximate surface area is 114 Å². The second kappa shape index (κ2) is 6.48. The monoisotopic (exact) mass is 268 g/mol. The first-order valence-corrected chi connectivity index (χ1v) is 7.34. The number of carboxylic acid groups (broad SMARTS) is 1. The van der Waals surface area contributed by atoms with Crippen molar-refractivity contribution in [3.8, 4) is 0 Å². The van der Waals surface area contributed by atoms with Gasteiger partial charge in [0.2, 0.25) is 0 Å². The fourth-order valence-electron chi connectivity index (χ4n) is 3.72. The second-order valence-electron chi connectivity index (χ2n) is 5.67. The van der Waals surface area contributed by atoms with Crippen molar-refractivity contribution < 1.29 is 14.7 Å². The molecule has 0 aromatic heterocycles. The molecule has 0 radical (unpaired) electrons. The predicted octanol–water partition coefficient (Wildman–Crippen LogP) is 0.884. The van der Waals surface area contributed by atoms with Gasteiger partial charge in [0.25, 0.3) is 0 Å². The number of carbonyl (C=O) groups is 2. The third-order valence-corrected chi connectivity index (χ3v) is 4.73. The highest BCUT2D eigenvalue weighted by atomic mass is 16.4. The minimum Gasteiger partial charge on any atom is -0.480 e. The molecule has 0 amide bonds. The summed E-state index contributed by atoms with van der Waals surface area (Å²) in [5, 5.41) is 13.1. The van der Waals surface area contributed by atoms with E-state index >= 15 is 0 Å². The lowest BCUT2D eigenvalue weighted by Gasteiger charge is -2.47. The normalized spacial score (nSPS) is 25.7. The van der Waals surface area contributed by atoms with Crippen LogP contribution in [0.1, 0.15) is 38.5 Å². The van der Waals surface area contributed by atoms with Crippen molar-refractivity contribution in [2.75, 3.05) is 26.2 Å². The van der Waals surface area contributed by atoms with Gasteiger partial charge in [-0.3, -0.25) is 9.69 Å². The molecule has 1 saturated heterocycles. The smallest absolute Gasteiger partial charge is 0.324 e. The van der Waals surface area contributed by atoms with Crippen LogP contribution >= 0.6 is 0 Å². The molecule has 1 aliphatic heterocycles. The van der Waals surface area contributed by atoms with Crippen molar-refractivity contribution in [2.45, 2.75) is 44.1 Å². The molecule has 19 heavy (non-hydrogen) atoms. The van der Waals surface area contributed by atoms with Crippen molar-refractivity contribution >= 4 is 12.3 Å². The first-order valence-electron chi connectivity index (χ1n) is 7.34. The Morgan fingerprint density at radius 2 is 1.89 bits per heavy atom. The van der Waals surface area contributed by atoms with Crippen LogP contribution in [0.2, 0.25) is 0 Å². The van der Waals surface area contributed by atoms with Crippen LogP contribution in [0, 0.1) is 5.92 Å². The molecule has 0 spiro atoms. The van der Waals surface area contributed by atoms with Gasteiger partial charge in [-0.05, 0) is 18.8 Å². The maximum Gasteiger partial charge on any atom is 0.324 e. The van der Waals surface area contributed by atoms with Gasteiger partial charge in [0, 0.05) is 32.6 Å². The summed E-state index contributed by atoms with van der Waals surface area (Å²) < 4.78 is 0. The number of hydrogen-bond donors (Lipinski definition) is 2. The Morgan fingerprint density at radius 3 is 2.42 bits per heavy atom. The molecule has 1 unspecified atom stereocenters. The number of aldehydes is 1. The quantitative estimate of drug-likeness (QED) is 0.725. The van der Waals surface area contributed by atoms with E-state index in [0.717, 1.165) is 58.1 Å². The number of nitrogens with one attached hydrogen (secondary N) is 1. The molecule has 1 aliphatic carbocycles. The van der Waals surface area contributed by atoms with Crippen LogP contribution < -0.4 is 5.32 Å². The van der Waals surface area contributed by atoms with E-state index in [1.54, 1.807) is 0 Å². The molecular weight excluding hydrogens is 244 g/mol. The van der Waals surface area contributed by atoms with E-state index in [1.165, 1.54) is 6.42 Å². The molecule has 1 heterocycles. The summed E-state index contributed by atoms with van der Waals surface area (Å²) in [6, 6.07) is 0. The van der Waals surface area contributed by atoms with Crippen molar-refractivity contribution in [2.24, 2.45) is 5.92 Å². The lowest BCUT2D eigenvalue weighted by atomic mass is 9.71. The number of hydrogen-bond acceptors (Lipinski definition) is 4. The molecule has 2 N–H and O–H groups in total. The summed E-state index contributed by atoms with van der Waals surface area (Å²) in [7, 11) is 0. The van der Waals surface area contributed by atoms with E-state index < -0.39 is 11.5 Å². The average Bonchev–Trinajstić information content (AvgIpc) is 2.46. The van der Waals surface area contributed by atoms with Crippen LogP contribution in [-0.4, -0.2) is 54.0 Å². The zero-order chi connectivity index (χ0) is 13.7. The predicted molar refractivity (Wildman–Crippen MR) is 72.1 cm³/mol. The highest BCUT2D eigenvalue weighted by Crippen LogP contribution is 2.39. The number of carbonyl (C=O) groups excluding carboxylic acids is 1. The lowest BCUT2D eigenvalue weighted by Crippen LogP contribution is -2.64. The molecule has 108 valence electrons. The molecular formula is C14H24N2O3. The second-order valence-corrected chi connectivity index (χ2v) is 5.67. The first-order chi connectivity index (χ1) is 9.21. The van der Waals surface area contributed by atoms with Crippen LogP contribution in [0.4, 0.5) is 0 Å². The van der Waals surface area contributed by atoms with Crippen LogP contribution in [0.15, 0.2) is 0 Å². The van der Waals surface area contributed by atoms with Gasteiger partial charge in [0.15, 0.2) is 0 Å². The van der Waals surface area contributed by atoms with E-state index in [0.29, 0.717) is 0 Å². The topological polar surface area (TPSA) is 69.6 Å². The molecule has 1 saturated carbocycles. The number of carboxylic acids is 1. The fourth-order valence-corrected chi connectivity index (χ4v) is 3.72. The van der Waals surface area contributed by atoms with E-state index in [4.69, 9.17) is 0 Å². The number of aliphatic carboxylic acids is 1. The molecule has 1 atom stereocenters. The lowest BCUT2D eigenvalue weighted by molar-refractivity contribution is -0.160. The number of piperazine rings is 1. The SMILES string of the molecule is O=CCC(C(=O)O)(C1CCCCC1)N1CCNCC1. The minimum absolute atomic E-state index is 0.113. The molecule has 2 rings (SSSR count).